The van der Waals surface area contributed by atoms with Crippen molar-refractivity contribution >= 4 is 17.1 Å². The molecule has 3 aromatic rings. The van der Waals surface area contributed by atoms with Gasteiger partial charge in [0, 0.05) is 5.56 Å². The lowest BCUT2D eigenvalue weighted by Gasteiger charge is -2.13. The summed E-state index contributed by atoms with van der Waals surface area (Å²) < 4.78 is 18.5. The number of benzene rings is 2. The van der Waals surface area contributed by atoms with Crippen LogP contribution in [0, 0.1) is 5.82 Å². The number of primary amides is 1. The fourth-order valence-corrected chi connectivity index (χ4v) is 2.24. The standard InChI is InChI=1S/C15H13FN4O2/c16-10-4-2-1-3-9(10)13(17)8-5-6-11-12(7-8)20-15(19-11)22-14(18)21/h1-7,13H,17H2,(H2,18,21)(H,19,20). The molecular formula is C15H13FN4O2. The number of ether oxygens (including phenoxy) is 1. The number of carbonyl (C=O) groups excluding carboxylic acids is 1. The normalized spacial score (nSPS) is 12.3. The van der Waals surface area contributed by atoms with Gasteiger partial charge in [-0.3, -0.25) is 0 Å². The predicted octanol–water partition coefficient (Wildman–Crippen LogP) is 2.21. The molecule has 1 aromatic heterocycles. The molecule has 1 amide bonds. The summed E-state index contributed by atoms with van der Waals surface area (Å²) in [5, 5.41) is 0. The van der Waals surface area contributed by atoms with Crippen LogP contribution >= 0.6 is 0 Å². The van der Waals surface area contributed by atoms with Crippen LogP contribution in [0.15, 0.2) is 42.5 Å². The molecule has 3 rings (SSSR count). The van der Waals surface area contributed by atoms with Gasteiger partial charge in [0.05, 0.1) is 17.1 Å². The van der Waals surface area contributed by atoms with Gasteiger partial charge in [-0.2, -0.15) is 4.98 Å². The first kappa shape index (κ1) is 14.0. The summed E-state index contributed by atoms with van der Waals surface area (Å²) in [6.07, 6.45) is -0.956. The van der Waals surface area contributed by atoms with Crippen LogP contribution in [-0.4, -0.2) is 16.1 Å². The van der Waals surface area contributed by atoms with Crippen LogP contribution in [0.2, 0.25) is 0 Å². The maximum atomic E-state index is 13.8. The zero-order valence-corrected chi connectivity index (χ0v) is 11.4. The Labute approximate surface area is 124 Å². The molecule has 7 heteroatoms. The van der Waals surface area contributed by atoms with E-state index < -0.39 is 12.1 Å². The zero-order chi connectivity index (χ0) is 15.7. The van der Waals surface area contributed by atoms with Crippen molar-refractivity contribution in [2.45, 2.75) is 6.04 Å². The summed E-state index contributed by atoms with van der Waals surface area (Å²) in [6.45, 7) is 0. The van der Waals surface area contributed by atoms with Crippen molar-refractivity contribution in [1.82, 2.24) is 9.97 Å². The van der Waals surface area contributed by atoms with Gasteiger partial charge in [-0.1, -0.05) is 24.3 Å². The highest BCUT2D eigenvalue weighted by Crippen LogP contribution is 2.25. The molecule has 0 saturated heterocycles. The summed E-state index contributed by atoms with van der Waals surface area (Å²) in [6, 6.07) is 10.9. The van der Waals surface area contributed by atoms with E-state index in [1.165, 1.54) is 6.07 Å². The number of fused-ring (bicyclic) bond motifs is 1. The largest absolute Gasteiger partial charge is 0.412 e. The smallest absolute Gasteiger partial charge is 0.376 e. The molecule has 0 bridgehead atoms. The first-order valence-corrected chi connectivity index (χ1v) is 6.51. The number of nitrogens with zero attached hydrogens (tertiary/aromatic N) is 1. The van der Waals surface area contributed by atoms with Crippen molar-refractivity contribution in [2.75, 3.05) is 0 Å². The number of imidazole rings is 1. The minimum atomic E-state index is -0.956. The van der Waals surface area contributed by atoms with Crippen LogP contribution in [0.1, 0.15) is 17.2 Å². The van der Waals surface area contributed by atoms with Gasteiger partial charge in [0.25, 0.3) is 0 Å². The molecule has 1 atom stereocenters. The van der Waals surface area contributed by atoms with Gasteiger partial charge in [0.2, 0.25) is 0 Å². The summed E-state index contributed by atoms with van der Waals surface area (Å²) in [5.74, 6) is -0.366. The van der Waals surface area contributed by atoms with E-state index in [1.54, 1.807) is 36.4 Å². The number of carbonyl (C=O) groups is 1. The van der Waals surface area contributed by atoms with Gasteiger partial charge in [-0.25, -0.2) is 9.18 Å². The Kier molecular flexibility index (Phi) is 3.48. The maximum absolute atomic E-state index is 13.8. The van der Waals surface area contributed by atoms with Crippen LogP contribution in [0.3, 0.4) is 0 Å². The van der Waals surface area contributed by atoms with Crippen molar-refractivity contribution in [2.24, 2.45) is 11.5 Å². The Hall–Kier alpha value is -2.93. The molecule has 112 valence electrons. The Balaban J connectivity index is 1.97. The van der Waals surface area contributed by atoms with Crippen molar-refractivity contribution in [3.8, 4) is 6.01 Å². The lowest BCUT2D eigenvalue weighted by molar-refractivity contribution is 0.207. The number of halogens is 1. The SMILES string of the molecule is NC(=O)Oc1nc2cc(C(N)c3ccccc3F)ccc2[nH]1. The van der Waals surface area contributed by atoms with Crippen molar-refractivity contribution in [3.63, 3.8) is 0 Å². The molecular weight excluding hydrogens is 287 g/mol. The first-order valence-electron chi connectivity index (χ1n) is 6.51. The van der Waals surface area contributed by atoms with Crippen LogP contribution in [0.25, 0.3) is 11.0 Å². The molecule has 22 heavy (non-hydrogen) atoms. The fourth-order valence-electron chi connectivity index (χ4n) is 2.24. The minimum absolute atomic E-state index is 0.000821. The van der Waals surface area contributed by atoms with Gasteiger partial charge >= 0.3 is 12.1 Å². The van der Waals surface area contributed by atoms with E-state index >= 15 is 0 Å². The number of H-pyrrole nitrogens is 1. The number of hydrogen-bond donors (Lipinski definition) is 3. The molecule has 2 aromatic carbocycles. The molecule has 0 aliphatic carbocycles. The molecule has 0 radical (unpaired) electrons. The maximum Gasteiger partial charge on any atom is 0.412 e. The van der Waals surface area contributed by atoms with E-state index in [9.17, 15) is 9.18 Å². The highest BCUT2D eigenvalue weighted by atomic mass is 19.1. The minimum Gasteiger partial charge on any atom is -0.376 e. The van der Waals surface area contributed by atoms with Crippen molar-refractivity contribution in [3.05, 3.63) is 59.4 Å². The topological polar surface area (TPSA) is 107 Å². The molecule has 0 fully saturated rings. The average molecular weight is 300 g/mol. The third-order valence-electron chi connectivity index (χ3n) is 3.28. The highest BCUT2D eigenvalue weighted by Gasteiger charge is 2.15. The van der Waals surface area contributed by atoms with Crippen molar-refractivity contribution in [1.29, 1.82) is 0 Å². The summed E-state index contributed by atoms with van der Waals surface area (Å²) in [4.78, 5) is 17.6. The molecule has 0 aliphatic heterocycles. The first-order chi connectivity index (χ1) is 10.5. The Bertz CT molecular complexity index is 846. The second kappa shape index (κ2) is 5.45. The quantitative estimate of drug-likeness (QED) is 0.689. The molecule has 0 saturated carbocycles. The van der Waals surface area contributed by atoms with E-state index in [4.69, 9.17) is 11.5 Å². The predicted molar refractivity (Wildman–Crippen MR) is 78.7 cm³/mol. The van der Waals surface area contributed by atoms with Crippen molar-refractivity contribution < 1.29 is 13.9 Å². The lowest BCUT2D eigenvalue weighted by atomic mass is 9.99. The fraction of sp³-hybridized carbons (Fsp3) is 0.0667. The van der Waals surface area contributed by atoms with E-state index in [0.717, 1.165) is 0 Å². The van der Waals surface area contributed by atoms with E-state index in [0.29, 0.717) is 22.2 Å². The molecule has 0 spiro atoms. The summed E-state index contributed by atoms with van der Waals surface area (Å²) in [5.41, 5.74) is 13.3. The number of aromatic amines is 1. The van der Waals surface area contributed by atoms with E-state index in [2.05, 4.69) is 14.7 Å². The van der Waals surface area contributed by atoms with Crippen LogP contribution in [0.5, 0.6) is 6.01 Å². The number of aromatic nitrogens is 2. The summed E-state index contributed by atoms with van der Waals surface area (Å²) >= 11 is 0. The number of hydrogen-bond acceptors (Lipinski definition) is 4. The Morgan fingerprint density at radius 3 is 2.77 bits per heavy atom. The van der Waals surface area contributed by atoms with Gasteiger partial charge in [0.15, 0.2) is 0 Å². The second-order valence-electron chi connectivity index (χ2n) is 4.74. The van der Waals surface area contributed by atoms with Crippen LogP contribution in [-0.2, 0) is 0 Å². The Morgan fingerprint density at radius 2 is 2.05 bits per heavy atom. The molecule has 1 heterocycles. The lowest BCUT2D eigenvalue weighted by Crippen LogP contribution is -2.16. The van der Waals surface area contributed by atoms with E-state index in [-0.39, 0.29) is 11.8 Å². The number of nitrogens with one attached hydrogen (secondary N) is 1. The van der Waals surface area contributed by atoms with E-state index in [1.807, 2.05) is 0 Å². The van der Waals surface area contributed by atoms with Gasteiger partial charge in [-0.05, 0) is 23.8 Å². The number of rotatable bonds is 3. The van der Waals surface area contributed by atoms with Crippen LogP contribution in [0.4, 0.5) is 9.18 Å². The van der Waals surface area contributed by atoms with Gasteiger partial charge in [-0.15, -0.1) is 0 Å². The highest BCUT2D eigenvalue weighted by molar-refractivity contribution is 5.78. The van der Waals surface area contributed by atoms with Crippen LogP contribution < -0.4 is 16.2 Å². The summed E-state index contributed by atoms with van der Waals surface area (Å²) in [7, 11) is 0. The Morgan fingerprint density at radius 1 is 1.27 bits per heavy atom. The third-order valence-corrected chi connectivity index (χ3v) is 3.28. The average Bonchev–Trinajstić information content (AvgIpc) is 2.87. The third kappa shape index (κ3) is 2.61. The second-order valence-corrected chi connectivity index (χ2v) is 4.74. The van der Waals surface area contributed by atoms with Gasteiger partial charge in [0.1, 0.15) is 5.82 Å². The zero-order valence-electron chi connectivity index (χ0n) is 11.4. The number of nitrogens with two attached hydrogens (primary N) is 2. The molecule has 6 nitrogen and oxygen atoms in total. The van der Waals surface area contributed by atoms with Gasteiger partial charge < -0.3 is 21.2 Å². The number of amides is 1. The molecule has 0 aliphatic rings. The monoisotopic (exact) mass is 300 g/mol. The molecule has 5 N–H and O–H groups in total. The molecule has 1 unspecified atom stereocenters.